The molecule has 8 nitrogen and oxygen atoms in total. The molecule has 36 heavy (non-hydrogen) atoms. The van der Waals surface area contributed by atoms with E-state index in [1.807, 2.05) is 48.0 Å². The SMILES string of the molecule is CCNCCNC(=O)CN(CC(=O)N(C)N1Cc2ccccc2C1)c1cc2c(cc1C)CCCC2=O. The maximum atomic E-state index is 13.4. The van der Waals surface area contributed by atoms with Gasteiger partial charge in [-0.2, -0.15) is 0 Å². The summed E-state index contributed by atoms with van der Waals surface area (Å²) in [5.41, 5.74) is 5.94. The van der Waals surface area contributed by atoms with Gasteiger partial charge in [-0.15, -0.1) is 0 Å². The molecule has 0 saturated carbocycles. The van der Waals surface area contributed by atoms with E-state index < -0.39 is 0 Å². The normalized spacial score (nSPS) is 14.8. The molecule has 0 fully saturated rings. The number of hydrogen-bond donors (Lipinski definition) is 2. The molecule has 8 heteroatoms. The van der Waals surface area contributed by atoms with E-state index in [-0.39, 0.29) is 30.7 Å². The van der Waals surface area contributed by atoms with Gasteiger partial charge in [0.15, 0.2) is 5.78 Å². The maximum absolute atomic E-state index is 13.4. The maximum Gasteiger partial charge on any atom is 0.256 e. The van der Waals surface area contributed by atoms with Crippen LogP contribution in [-0.4, -0.2) is 67.4 Å². The Bertz CT molecular complexity index is 1110. The highest BCUT2D eigenvalue weighted by Crippen LogP contribution is 2.30. The smallest absolute Gasteiger partial charge is 0.256 e. The Labute approximate surface area is 213 Å². The van der Waals surface area contributed by atoms with E-state index >= 15 is 0 Å². The third kappa shape index (κ3) is 5.94. The Morgan fingerprint density at radius 2 is 1.72 bits per heavy atom. The number of amides is 2. The predicted octanol–water partition coefficient (Wildman–Crippen LogP) is 2.44. The Morgan fingerprint density at radius 3 is 2.42 bits per heavy atom. The van der Waals surface area contributed by atoms with E-state index in [1.54, 1.807) is 12.1 Å². The van der Waals surface area contributed by atoms with Crippen LogP contribution < -0.4 is 15.5 Å². The van der Waals surface area contributed by atoms with Gasteiger partial charge in [-0.05, 0) is 54.6 Å². The first-order valence-corrected chi connectivity index (χ1v) is 12.8. The number of carbonyl (C=O) groups excluding carboxylic acids is 3. The lowest BCUT2D eigenvalue weighted by atomic mass is 9.88. The minimum absolute atomic E-state index is 0.0395. The summed E-state index contributed by atoms with van der Waals surface area (Å²) in [7, 11) is 1.78. The number of Topliss-reactive ketones (excluding diaryl/α,β-unsaturated/α-hetero) is 1. The van der Waals surface area contributed by atoms with Gasteiger partial charge in [0.25, 0.3) is 5.91 Å². The molecular weight excluding hydrogens is 454 g/mol. The van der Waals surface area contributed by atoms with Crippen molar-refractivity contribution in [3.05, 3.63) is 64.2 Å². The molecule has 2 aliphatic rings. The lowest BCUT2D eigenvalue weighted by molar-refractivity contribution is -0.145. The van der Waals surface area contributed by atoms with Gasteiger partial charge < -0.3 is 15.5 Å². The van der Waals surface area contributed by atoms with Crippen LogP contribution >= 0.6 is 0 Å². The van der Waals surface area contributed by atoms with Gasteiger partial charge in [0.05, 0.1) is 13.1 Å². The summed E-state index contributed by atoms with van der Waals surface area (Å²) in [4.78, 5) is 40.7. The Kier molecular flexibility index (Phi) is 8.38. The Morgan fingerprint density at radius 1 is 1.00 bits per heavy atom. The highest BCUT2D eigenvalue weighted by molar-refractivity contribution is 6.00. The van der Waals surface area contributed by atoms with E-state index in [4.69, 9.17) is 0 Å². The third-order valence-electron chi connectivity index (χ3n) is 7.06. The molecule has 0 bridgehead atoms. The van der Waals surface area contributed by atoms with Crippen LogP contribution in [0.2, 0.25) is 0 Å². The number of ketones is 1. The predicted molar refractivity (Wildman–Crippen MR) is 141 cm³/mol. The van der Waals surface area contributed by atoms with Crippen molar-refractivity contribution in [2.75, 3.05) is 44.7 Å². The van der Waals surface area contributed by atoms with Crippen LogP contribution in [0.4, 0.5) is 5.69 Å². The number of anilines is 1. The van der Waals surface area contributed by atoms with E-state index in [0.29, 0.717) is 32.6 Å². The molecule has 0 aromatic heterocycles. The second-order valence-electron chi connectivity index (χ2n) is 9.64. The molecule has 0 saturated heterocycles. The third-order valence-corrected chi connectivity index (χ3v) is 7.06. The highest BCUT2D eigenvalue weighted by atomic mass is 16.2. The van der Waals surface area contributed by atoms with Crippen LogP contribution in [0.1, 0.15) is 52.4 Å². The van der Waals surface area contributed by atoms with Gasteiger partial charge in [-0.1, -0.05) is 37.3 Å². The summed E-state index contributed by atoms with van der Waals surface area (Å²) in [5, 5.41) is 9.80. The summed E-state index contributed by atoms with van der Waals surface area (Å²) in [6, 6.07) is 12.1. The number of aryl methyl sites for hydroxylation is 2. The molecule has 192 valence electrons. The fourth-order valence-corrected chi connectivity index (χ4v) is 5.01. The van der Waals surface area contributed by atoms with Crippen molar-refractivity contribution in [1.29, 1.82) is 0 Å². The van der Waals surface area contributed by atoms with Crippen molar-refractivity contribution < 1.29 is 14.4 Å². The van der Waals surface area contributed by atoms with E-state index in [9.17, 15) is 14.4 Å². The number of likely N-dealkylation sites (N-methyl/N-ethyl adjacent to an activating group) is 2. The van der Waals surface area contributed by atoms with Crippen molar-refractivity contribution >= 4 is 23.3 Å². The van der Waals surface area contributed by atoms with Crippen molar-refractivity contribution in [1.82, 2.24) is 20.7 Å². The van der Waals surface area contributed by atoms with Crippen LogP contribution in [0.15, 0.2) is 36.4 Å². The number of benzene rings is 2. The van der Waals surface area contributed by atoms with Crippen molar-refractivity contribution in [3.63, 3.8) is 0 Å². The first-order valence-electron chi connectivity index (χ1n) is 12.8. The number of hydrazine groups is 1. The van der Waals surface area contributed by atoms with Crippen LogP contribution in [0.25, 0.3) is 0 Å². The molecule has 4 rings (SSSR count). The zero-order chi connectivity index (χ0) is 25.7. The van der Waals surface area contributed by atoms with E-state index in [1.165, 1.54) is 11.1 Å². The van der Waals surface area contributed by atoms with E-state index in [2.05, 4.69) is 22.8 Å². The highest BCUT2D eigenvalue weighted by Gasteiger charge is 2.28. The molecule has 2 N–H and O–H groups in total. The van der Waals surface area contributed by atoms with Crippen LogP contribution in [0.3, 0.4) is 0 Å². The second kappa shape index (κ2) is 11.7. The number of rotatable bonds is 10. The molecule has 1 heterocycles. The Balaban J connectivity index is 1.52. The Hall–Kier alpha value is -3.23. The number of nitrogens with one attached hydrogen (secondary N) is 2. The van der Waals surface area contributed by atoms with Crippen LogP contribution in [0.5, 0.6) is 0 Å². The summed E-state index contributed by atoms with van der Waals surface area (Å²) >= 11 is 0. The van der Waals surface area contributed by atoms with Gasteiger partial charge >= 0.3 is 0 Å². The molecule has 2 aromatic carbocycles. The minimum atomic E-state index is -0.152. The van der Waals surface area contributed by atoms with Crippen LogP contribution in [0, 0.1) is 6.92 Å². The molecule has 1 aliphatic heterocycles. The van der Waals surface area contributed by atoms with Gasteiger partial charge in [0.1, 0.15) is 0 Å². The first kappa shape index (κ1) is 25.9. The molecule has 0 radical (unpaired) electrons. The molecular formula is C28H37N5O3. The lowest BCUT2D eigenvalue weighted by Crippen LogP contribution is -2.48. The fourth-order valence-electron chi connectivity index (χ4n) is 5.01. The molecule has 0 unspecified atom stereocenters. The largest absolute Gasteiger partial charge is 0.353 e. The summed E-state index contributed by atoms with van der Waals surface area (Å²) in [6.45, 7) is 7.48. The van der Waals surface area contributed by atoms with Gasteiger partial charge in [-0.3, -0.25) is 19.4 Å². The molecule has 0 atom stereocenters. The number of nitrogens with zero attached hydrogens (tertiary/aromatic N) is 3. The standard InChI is InChI=1S/C28H37N5O3/c1-4-29-12-13-30-27(35)18-32(25-15-24-21(14-20(25)2)10-7-11-26(24)34)19-28(36)31(3)33-16-22-8-5-6-9-23(22)17-33/h5-6,8-9,14-15,29H,4,7,10-13,16-19H2,1-3H3,(H,30,35). The van der Waals surface area contributed by atoms with Gasteiger partial charge in [0, 0.05) is 50.9 Å². The van der Waals surface area contributed by atoms with Gasteiger partial charge in [-0.25, -0.2) is 5.01 Å². The molecule has 0 spiro atoms. The monoisotopic (exact) mass is 491 g/mol. The minimum Gasteiger partial charge on any atom is -0.353 e. The van der Waals surface area contributed by atoms with E-state index in [0.717, 1.165) is 41.8 Å². The average molecular weight is 492 g/mol. The summed E-state index contributed by atoms with van der Waals surface area (Å²) in [6.07, 6.45) is 2.28. The summed E-state index contributed by atoms with van der Waals surface area (Å²) < 4.78 is 0. The van der Waals surface area contributed by atoms with Gasteiger partial charge in [0.2, 0.25) is 5.91 Å². The zero-order valence-corrected chi connectivity index (χ0v) is 21.6. The number of hydrogen-bond acceptors (Lipinski definition) is 6. The quantitative estimate of drug-likeness (QED) is 0.497. The number of fused-ring (bicyclic) bond motifs is 2. The number of carbonyl (C=O) groups is 3. The lowest BCUT2D eigenvalue weighted by Gasteiger charge is -2.32. The zero-order valence-electron chi connectivity index (χ0n) is 21.6. The summed E-state index contributed by atoms with van der Waals surface area (Å²) in [5.74, 6) is -0.127. The second-order valence-corrected chi connectivity index (χ2v) is 9.64. The topological polar surface area (TPSA) is 85.0 Å². The molecule has 1 aliphatic carbocycles. The molecule has 2 aromatic rings. The van der Waals surface area contributed by atoms with Crippen molar-refractivity contribution in [2.45, 2.75) is 46.2 Å². The fraction of sp³-hybridized carbons (Fsp3) is 0.464. The van der Waals surface area contributed by atoms with Crippen molar-refractivity contribution in [2.24, 2.45) is 0 Å². The molecule has 2 amide bonds. The average Bonchev–Trinajstić information content (AvgIpc) is 3.30. The van der Waals surface area contributed by atoms with Crippen LogP contribution in [-0.2, 0) is 29.1 Å². The van der Waals surface area contributed by atoms with Crippen molar-refractivity contribution in [3.8, 4) is 0 Å². The first-order chi connectivity index (χ1) is 17.4.